The summed E-state index contributed by atoms with van der Waals surface area (Å²) in [5, 5.41) is 11.9. The first kappa shape index (κ1) is 23.9. The van der Waals surface area contributed by atoms with Crippen LogP contribution < -0.4 is 9.80 Å². The van der Waals surface area contributed by atoms with E-state index >= 15 is 0 Å². The molecule has 3 saturated heterocycles. The zero-order valence-electron chi connectivity index (χ0n) is 20.5. The standard InChI is InChI=1S/C27H33ClN6O2/c28-21-7-5-20(6-8-21)17-31-9-11-32(12-10-31)24-18-34(19-25(24)35)27-26(33-13-15-36-16-14-33)29-22-3-1-2-4-23(22)30-27/h1-8,24-25,35H,9-19H2/t24-,25-/m0/s1. The van der Waals surface area contributed by atoms with Crippen LogP contribution in [-0.2, 0) is 11.3 Å². The van der Waals surface area contributed by atoms with Gasteiger partial charge in [0.1, 0.15) is 0 Å². The first-order valence-electron chi connectivity index (χ1n) is 12.9. The fourth-order valence-corrected chi connectivity index (χ4v) is 5.71. The molecule has 3 fully saturated rings. The molecule has 0 amide bonds. The number of ether oxygens (including phenoxy) is 1. The van der Waals surface area contributed by atoms with Crippen molar-refractivity contribution in [2.24, 2.45) is 0 Å². The van der Waals surface area contributed by atoms with Gasteiger partial charge in [-0.05, 0) is 29.8 Å². The van der Waals surface area contributed by atoms with Crippen molar-refractivity contribution in [3.05, 3.63) is 59.1 Å². The molecule has 3 aliphatic rings. The van der Waals surface area contributed by atoms with E-state index in [9.17, 15) is 5.11 Å². The summed E-state index contributed by atoms with van der Waals surface area (Å²) in [5.41, 5.74) is 3.07. The monoisotopic (exact) mass is 508 g/mol. The molecule has 1 aromatic heterocycles. The summed E-state index contributed by atoms with van der Waals surface area (Å²) < 4.78 is 5.58. The highest BCUT2D eigenvalue weighted by Gasteiger charge is 2.39. The zero-order valence-corrected chi connectivity index (χ0v) is 21.2. The molecule has 2 atom stereocenters. The van der Waals surface area contributed by atoms with Crippen LogP contribution in [0.2, 0.25) is 5.02 Å². The van der Waals surface area contributed by atoms with Gasteiger partial charge in [0.25, 0.3) is 0 Å². The summed E-state index contributed by atoms with van der Waals surface area (Å²) in [5.74, 6) is 1.77. The number of aromatic nitrogens is 2. The van der Waals surface area contributed by atoms with Crippen molar-refractivity contribution in [2.75, 3.05) is 75.4 Å². The lowest BCUT2D eigenvalue weighted by Crippen LogP contribution is -2.53. The molecule has 9 heteroatoms. The molecule has 6 rings (SSSR count). The molecule has 36 heavy (non-hydrogen) atoms. The van der Waals surface area contributed by atoms with Crippen molar-refractivity contribution in [2.45, 2.75) is 18.7 Å². The van der Waals surface area contributed by atoms with Gasteiger partial charge in [-0.1, -0.05) is 35.9 Å². The van der Waals surface area contributed by atoms with E-state index < -0.39 is 6.10 Å². The molecule has 190 valence electrons. The molecule has 4 heterocycles. The number of aliphatic hydroxyl groups is 1. The molecule has 0 bridgehead atoms. The molecule has 0 aliphatic carbocycles. The lowest BCUT2D eigenvalue weighted by atomic mass is 10.1. The van der Waals surface area contributed by atoms with Crippen LogP contribution in [0.25, 0.3) is 11.0 Å². The largest absolute Gasteiger partial charge is 0.390 e. The van der Waals surface area contributed by atoms with Gasteiger partial charge >= 0.3 is 0 Å². The molecule has 1 N–H and O–H groups in total. The summed E-state index contributed by atoms with van der Waals surface area (Å²) >= 11 is 6.03. The van der Waals surface area contributed by atoms with Gasteiger partial charge in [-0.25, -0.2) is 9.97 Å². The minimum atomic E-state index is -0.418. The fourth-order valence-electron chi connectivity index (χ4n) is 5.58. The molecule has 0 spiro atoms. The lowest BCUT2D eigenvalue weighted by Gasteiger charge is -2.39. The number of piperazine rings is 1. The minimum Gasteiger partial charge on any atom is -0.390 e. The van der Waals surface area contributed by atoms with Crippen LogP contribution in [0, 0.1) is 0 Å². The van der Waals surface area contributed by atoms with Gasteiger partial charge in [-0.2, -0.15) is 0 Å². The Kier molecular flexibility index (Phi) is 6.95. The summed E-state index contributed by atoms with van der Waals surface area (Å²) in [7, 11) is 0. The molecular weight excluding hydrogens is 476 g/mol. The van der Waals surface area contributed by atoms with Crippen molar-refractivity contribution in [1.29, 1.82) is 0 Å². The molecule has 0 radical (unpaired) electrons. The SMILES string of the molecule is O[C@H]1CN(c2nc3ccccc3nc2N2CCOCC2)C[C@@H]1N1CCN(Cc2ccc(Cl)cc2)CC1. The number of halogens is 1. The van der Waals surface area contributed by atoms with Crippen LogP contribution in [-0.4, -0.2) is 103 Å². The first-order valence-corrected chi connectivity index (χ1v) is 13.3. The number of fused-ring (bicyclic) bond motifs is 1. The number of hydrogen-bond acceptors (Lipinski definition) is 8. The maximum Gasteiger partial charge on any atom is 0.172 e. The molecule has 2 aromatic carbocycles. The molecule has 3 aromatic rings. The maximum atomic E-state index is 11.1. The molecule has 8 nitrogen and oxygen atoms in total. The Morgan fingerprint density at radius 3 is 2.11 bits per heavy atom. The number of aliphatic hydroxyl groups excluding tert-OH is 1. The average molecular weight is 509 g/mol. The lowest BCUT2D eigenvalue weighted by molar-refractivity contribution is 0.0424. The number of β-amino-alcohol motifs (C(OH)–C–C–N with tert-alkyl or cyclic N) is 1. The van der Waals surface area contributed by atoms with E-state index in [0.717, 1.165) is 80.0 Å². The predicted molar refractivity (Wildman–Crippen MR) is 143 cm³/mol. The Morgan fingerprint density at radius 2 is 1.44 bits per heavy atom. The number of nitrogens with zero attached hydrogens (tertiary/aromatic N) is 6. The van der Waals surface area contributed by atoms with E-state index in [2.05, 4.69) is 31.7 Å². The van der Waals surface area contributed by atoms with E-state index in [4.69, 9.17) is 26.3 Å². The van der Waals surface area contributed by atoms with Gasteiger partial charge in [0.15, 0.2) is 11.6 Å². The smallest absolute Gasteiger partial charge is 0.172 e. The third-order valence-electron chi connectivity index (χ3n) is 7.60. The number of morpholine rings is 1. The van der Waals surface area contributed by atoms with E-state index in [1.54, 1.807) is 0 Å². The maximum absolute atomic E-state index is 11.1. The highest BCUT2D eigenvalue weighted by atomic mass is 35.5. The number of benzene rings is 2. The van der Waals surface area contributed by atoms with E-state index in [0.29, 0.717) is 19.8 Å². The van der Waals surface area contributed by atoms with Crippen LogP contribution in [0.15, 0.2) is 48.5 Å². The Bertz CT molecular complexity index is 1180. The minimum absolute atomic E-state index is 0.0912. The van der Waals surface area contributed by atoms with Gasteiger partial charge in [-0.15, -0.1) is 0 Å². The van der Waals surface area contributed by atoms with Crippen LogP contribution in [0.1, 0.15) is 5.56 Å². The first-order chi connectivity index (χ1) is 17.6. The number of para-hydroxylation sites is 2. The topological polar surface area (TPSA) is 68.2 Å². The van der Waals surface area contributed by atoms with Gasteiger partial charge in [0, 0.05) is 63.9 Å². The van der Waals surface area contributed by atoms with Gasteiger partial charge in [0.2, 0.25) is 0 Å². The third kappa shape index (κ3) is 5.01. The predicted octanol–water partition coefficient (Wildman–Crippen LogP) is 2.49. The number of hydrogen-bond donors (Lipinski definition) is 1. The summed E-state index contributed by atoms with van der Waals surface area (Å²) in [6.45, 7) is 9.11. The zero-order chi connectivity index (χ0) is 24.5. The summed E-state index contributed by atoms with van der Waals surface area (Å²) in [4.78, 5) is 19.5. The van der Waals surface area contributed by atoms with E-state index in [-0.39, 0.29) is 6.04 Å². The van der Waals surface area contributed by atoms with Gasteiger partial charge < -0.3 is 19.6 Å². The Hall–Kier alpha value is -2.49. The second kappa shape index (κ2) is 10.5. The summed E-state index contributed by atoms with van der Waals surface area (Å²) in [6.07, 6.45) is -0.418. The highest BCUT2D eigenvalue weighted by Crippen LogP contribution is 2.32. The van der Waals surface area contributed by atoms with Crippen LogP contribution in [0.4, 0.5) is 11.6 Å². The van der Waals surface area contributed by atoms with Gasteiger partial charge in [-0.3, -0.25) is 9.80 Å². The number of rotatable bonds is 5. The van der Waals surface area contributed by atoms with Crippen LogP contribution >= 0.6 is 11.6 Å². The Morgan fingerprint density at radius 1 is 0.806 bits per heavy atom. The Labute approximate surface area is 217 Å². The Balaban J connectivity index is 1.16. The quantitative estimate of drug-likeness (QED) is 0.564. The number of anilines is 2. The molecule has 0 unspecified atom stereocenters. The van der Waals surface area contributed by atoms with Crippen molar-refractivity contribution >= 4 is 34.3 Å². The molecule has 3 aliphatic heterocycles. The van der Waals surface area contributed by atoms with Crippen LogP contribution in [0.5, 0.6) is 0 Å². The van der Waals surface area contributed by atoms with Crippen LogP contribution in [0.3, 0.4) is 0 Å². The van der Waals surface area contributed by atoms with Crippen molar-refractivity contribution in [3.63, 3.8) is 0 Å². The van der Waals surface area contributed by atoms with E-state index in [1.807, 2.05) is 36.4 Å². The average Bonchev–Trinajstić information content (AvgIpc) is 3.31. The summed E-state index contributed by atoms with van der Waals surface area (Å²) in [6, 6.07) is 16.2. The second-order valence-corrected chi connectivity index (χ2v) is 10.4. The van der Waals surface area contributed by atoms with E-state index in [1.165, 1.54) is 5.56 Å². The fraction of sp³-hybridized carbons (Fsp3) is 0.481. The highest BCUT2D eigenvalue weighted by molar-refractivity contribution is 6.30. The molecule has 0 saturated carbocycles. The van der Waals surface area contributed by atoms with Crippen molar-refractivity contribution in [1.82, 2.24) is 19.8 Å². The third-order valence-corrected chi connectivity index (χ3v) is 7.85. The van der Waals surface area contributed by atoms with Gasteiger partial charge in [0.05, 0.1) is 36.4 Å². The molecular formula is C27H33ClN6O2. The van der Waals surface area contributed by atoms with Crippen molar-refractivity contribution < 1.29 is 9.84 Å². The van der Waals surface area contributed by atoms with Crippen molar-refractivity contribution in [3.8, 4) is 0 Å². The second-order valence-electron chi connectivity index (χ2n) is 9.94. The normalized spacial score (nSPS) is 24.1.